The van der Waals surface area contributed by atoms with E-state index in [9.17, 15) is 37.3 Å². The van der Waals surface area contributed by atoms with E-state index in [2.05, 4.69) is 15.2 Å². The minimum Gasteiger partial charge on any atom is -0.394 e. The molecular formula is C27H25ClF5N5O4. The van der Waals surface area contributed by atoms with E-state index in [1.54, 1.807) is 6.92 Å². The third-order valence-electron chi connectivity index (χ3n) is 7.14. The maximum absolute atomic E-state index is 14.8. The van der Waals surface area contributed by atoms with Crippen LogP contribution in [0, 0.1) is 18.6 Å². The smallest absolute Gasteiger partial charge is 0.394 e. The summed E-state index contributed by atoms with van der Waals surface area (Å²) in [7, 11) is 0. The second-order valence-electron chi connectivity index (χ2n) is 9.80. The van der Waals surface area contributed by atoms with Crippen LogP contribution in [-0.2, 0) is 17.3 Å². The number of ether oxygens (including phenoxy) is 1. The van der Waals surface area contributed by atoms with Gasteiger partial charge in [-0.25, -0.2) is 18.4 Å². The first-order valence-electron chi connectivity index (χ1n) is 12.8. The monoisotopic (exact) mass is 613 g/mol. The van der Waals surface area contributed by atoms with Crippen molar-refractivity contribution >= 4 is 11.6 Å². The van der Waals surface area contributed by atoms with Gasteiger partial charge in [0.05, 0.1) is 24.1 Å². The molecule has 0 saturated carbocycles. The Morgan fingerprint density at radius 1 is 1.07 bits per heavy atom. The van der Waals surface area contributed by atoms with Crippen LogP contribution in [0.2, 0.25) is 5.02 Å². The summed E-state index contributed by atoms with van der Waals surface area (Å²) in [5.41, 5.74) is -1.37. The van der Waals surface area contributed by atoms with Gasteiger partial charge in [0, 0.05) is 22.3 Å². The highest BCUT2D eigenvalue weighted by atomic mass is 35.5. The lowest BCUT2D eigenvalue weighted by molar-refractivity contribution is -0.210. The summed E-state index contributed by atoms with van der Waals surface area (Å²) in [6, 6.07) is 4.33. The first-order chi connectivity index (χ1) is 19.8. The maximum Gasteiger partial charge on any atom is 0.418 e. The topological polar surface area (TPSA) is 118 Å². The lowest BCUT2D eigenvalue weighted by Crippen LogP contribution is -2.53. The van der Waals surface area contributed by atoms with Crippen LogP contribution < -0.4 is 0 Å². The molecule has 0 amide bonds. The standard InChI is InChI=1S/C27H25ClF5N5O4/c1-3-13-4-6-16(21(30)20(13)29)14-9-34-37(10-14)22-23(40)19(11-39)42-25(24(22)41)26-35-12(2)36-38(26)18-8-15(28)5-7-17(18)27(31,32)33/h4-10,19,22-25,39-41H,3,11H2,1-2H3/t19-,22+,23+,24-,25-/m1/s1. The van der Waals surface area contributed by atoms with Crippen molar-refractivity contribution in [2.75, 3.05) is 6.61 Å². The van der Waals surface area contributed by atoms with Gasteiger partial charge in [0.2, 0.25) is 0 Å². The highest BCUT2D eigenvalue weighted by Crippen LogP contribution is 2.41. The molecule has 224 valence electrons. The largest absolute Gasteiger partial charge is 0.418 e. The molecule has 0 unspecified atom stereocenters. The van der Waals surface area contributed by atoms with Crippen molar-refractivity contribution in [2.24, 2.45) is 0 Å². The van der Waals surface area contributed by atoms with E-state index in [1.165, 1.54) is 31.5 Å². The van der Waals surface area contributed by atoms with Crippen LogP contribution >= 0.6 is 11.6 Å². The van der Waals surface area contributed by atoms with E-state index in [0.717, 1.165) is 27.6 Å². The molecule has 0 radical (unpaired) electrons. The molecule has 3 heterocycles. The Hall–Kier alpha value is -3.43. The molecule has 2 aromatic carbocycles. The molecule has 42 heavy (non-hydrogen) atoms. The maximum atomic E-state index is 14.8. The van der Waals surface area contributed by atoms with Crippen molar-refractivity contribution in [1.29, 1.82) is 0 Å². The average molecular weight is 614 g/mol. The summed E-state index contributed by atoms with van der Waals surface area (Å²) < 4.78 is 78.7. The van der Waals surface area contributed by atoms with Crippen molar-refractivity contribution in [3.05, 3.63) is 82.2 Å². The molecule has 2 aromatic heterocycles. The fraction of sp³-hybridized carbons (Fsp3) is 0.370. The van der Waals surface area contributed by atoms with Crippen molar-refractivity contribution < 1.29 is 42.0 Å². The van der Waals surface area contributed by atoms with E-state index in [-0.39, 0.29) is 39.8 Å². The van der Waals surface area contributed by atoms with E-state index in [1.807, 2.05) is 0 Å². The van der Waals surface area contributed by atoms with Crippen LogP contribution in [0.5, 0.6) is 0 Å². The van der Waals surface area contributed by atoms with Crippen molar-refractivity contribution in [3.8, 4) is 16.8 Å². The molecule has 1 aliphatic heterocycles. The van der Waals surface area contributed by atoms with Crippen molar-refractivity contribution in [3.63, 3.8) is 0 Å². The molecule has 1 aliphatic rings. The number of halogens is 6. The molecule has 9 nitrogen and oxygen atoms in total. The first kappa shape index (κ1) is 30.0. The number of aliphatic hydroxyl groups is 3. The van der Waals surface area contributed by atoms with Crippen LogP contribution in [0.4, 0.5) is 22.0 Å². The third-order valence-corrected chi connectivity index (χ3v) is 7.37. The van der Waals surface area contributed by atoms with Crippen LogP contribution in [0.3, 0.4) is 0 Å². The highest BCUT2D eigenvalue weighted by molar-refractivity contribution is 6.30. The first-order valence-corrected chi connectivity index (χ1v) is 13.2. The fourth-order valence-corrected chi connectivity index (χ4v) is 5.23. The zero-order valence-corrected chi connectivity index (χ0v) is 22.9. The van der Waals surface area contributed by atoms with Gasteiger partial charge in [-0.2, -0.15) is 23.4 Å². The van der Waals surface area contributed by atoms with Crippen molar-refractivity contribution in [1.82, 2.24) is 24.5 Å². The molecule has 4 aromatic rings. The van der Waals surface area contributed by atoms with Crippen LogP contribution in [0.25, 0.3) is 16.8 Å². The predicted molar refractivity (Wildman–Crippen MR) is 139 cm³/mol. The van der Waals surface area contributed by atoms with Gasteiger partial charge in [-0.1, -0.05) is 30.7 Å². The minimum absolute atomic E-state index is 0.0246. The molecular weight excluding hydrogens is 589 g/mol. The summed E-state index contributed by atoms with van der Waals surface area (Å²) >= 11 is 6.01. The second-order valence-corrected chi connectivity index (χ2v) is 10.2. The average Bonchev–Trinajstić information content (AvgIpc) is 3.56. The Labute approximate surface area is 240 Å². The number of nitrogens with zero attached hydrogens (tertiary/aromatic N) is 5. The summed E-state index contributed by atoms with van der Waals surface area (Å²) in [5.74, 6) is -2.34. The van der Waals surface area contributed by atoms with Crippen LogP contribution in [0.1, 0.15) is 41.8 Å². The third kappa shape index (κ3) is 5.28. The number of benzene rings is 2. The molecule has 0 aliphatic carbocycles. The zero-order chi connectivity index (χ0) is 30.5. The second kappa shape index (κ2) is 11.3. The predicted octanol–water partition coefficient (Wildman–Crippen LogP) is 4.35. The number of hydrogen-bond donors (Lipinski definition) is 3. The molecule has 5 rings (SSSR count). The number of aliphatic hydroxyl groups excluding tert-OH is 3. The van der Waals surface area contributed by atoms with Gasteiger partial charge < -0.3 is 20.1 Å². The quantitative estimate of drug-likeness (QED) is 0.277. The summed E-state index contributed by atoms with van der Waals surface area (Å²) in [4.78, 5) is 4.20. The van der Waals surface area contributed by atoms with Gasteiger partial charge >= 0.3 is 6.18 Å². The zero-order valence-electron chi connectivity index (χ0n) is 22.1. The molecule has 3 N–H and O–H groups in total. The Balaban J connectivity index is 1.58. The highest BCUT2D eigenvalue weighted by Gasteiger charge is 2.48. The Bertz CT molecular complexity index is 1610. The fourth-order valence-electron chi connectivity index (χ4n) is 5.07. The van der Waals surface area contributed by atoms with Gasteiger partial charge in [0.25, 0.3) is 0 Å². The van der Waals surface area contributed by atoms with E-state index in [0.29, 0.717) is 0 Å². The van der Waals surface area contributed by atoms with E-state index in [4.69, 9.17) is 16.3 Å². The normalized spacial score (nSPS) is 23.0. The molecule has 0 bridgehead atoms. The summed E-state index contributed by atoms with van der Waals surface area (Å²) in [6.45, 7) is 2.35. The number of rotatable bonds is 6. The van der Waals surface area contributed by atoms with Crippen LogP contribution in [0.15, 0.2) is 42.7 Å². The van der Waals surface area contributed by atoms with Gasteiger partial charge in [0.1, 0.15) is 36.3 Å². The Kier molecular flexibility index (Phi) is 8.11. The van der Waals surface area contributed by atoms with Gasteiger partial charge in [-0.15, -0.1) is 0 Å². The lowest BCUT2D eigenvalue weighted by atomic mass is 9.92. The van der Waals surface area contributed by atoms with Gasteiger partial charge in [-0.05, 0) is 37.1 Å². The molecule has 0 spiro atoms. The SMILES string of the molecule is CCc1ccc(-c2cnn([C@H]3[C@@H](O)[C@@H](CO)O[C@@H](c4nc(C)nn4-c4cc(Cl)ccc4C(F)(F)F)[C@@H]3O)c2)c(F)c1F. The number of hydrogen-bond acceptors (Lipinski definition) is 7. The minimum atomic E-state index is -4.80. The molecule has 1 fully saturated rings. The molecule has 5 atom stereocenters. The van der Waals surface area contributed by atoms with Gasteiger partial charge in [0.15, 0.2) is 17.5 Å². The molecule has 1 saturated heterocycles. The Morgan fingerprint density at radius 2 is 1.81 bits per heavy atom. The summed E-state index contributed by atoms with van der Waals surface area (Å²) in [5, 5.41) is 40.6. The number of aryl methyl sites for hydroxylation is 2. The number of aromatic nitrogens is 5. The number of alkyl halides is 3. The van der Waals surface area contributed by atoms with E-state index < -0.39 is 66.1 Å². The molecule has 15 heteroatoms. The lowest BCUT2D eigenvalue weighted by Gasteiger charge is -2.42. The summed E-state index contributed by atoms with van der Waals surface area (Å²) in [6.07, 6.45) is -8.21. The van der Waals surface area contributed by atoms with E-state index >= 15 is 0 Å². The van der Waals surface area contributed by atoms with Crippen molar-refractivity contribution in [2.45, 2.75) is 56.9 Å². The Morgan fingerprint density at radius 3 is 2.48 bits per heavy atom. The van der Waals surface area contributed by atoms with Gasteiger partial charge in [-0.3, -0.25) is 4.68 Å². The van der Waals surface area contributed by atoms with Crippen LogP contribution in [-0.4, -0.2) is 64.8 Å².